The lowest BCUT2D eigenvalue weighted by Crippen LogP contribution is -2.47. The summed E-state index contributed by atoms with van der Waals surface area (Å²) in [4.78, 5) is 11.5. The van der Waals surface area contributed by atoms with Crippen LogP contribution in [0, 0.1) is 19.3 Å². The van der Waals surface area contributed by atoms with Crippen LogP contribution in [0.2, 0.25) is 0 Å². The number of aromatic nitrogens is 2. The van der Waals surface area contributed by atoms with Crippen LogP contribution in [0.25, 0.3) is 0 Å². The third-order valence-corrected chi connectivity index (χ3v) is 5.81. The first kappa shape index (κ1) is 15.0. The van der Waals surface area contributed by atoms with Gasteiger partial charge in [-0.3, -0.25) is 9.89 Å². The Morgan fingerprint density at radius 2 is 2.15 bits per heavy atom. The summed E-state index contributed by atoms with van der Waals surface area (Å²) in [5, 5.41) is 15.8. The van der Waals surface area contributed by atoms with Crippen LogP contribution in [0.5, 0.6) is 0 Å². The maximum Gasteiger partial charge on any atom is 0.310 e. The number of hydrogen-bond acceptors (Lipinski definition) is 4. The predicted molar refractivity (Wildman–Crippen MR) is 71.8 cm³/mol. The van der Waals surface area contributed by atoms with E-state index in [1.807, 2.05) is 0 Å². The number of aliphatic carboxylic acids is 1. The highest BCUT2D eigenvalue weighted by Crippen LogP contribution is 2.39. The Morgan fingerprint density at radius 3 is 2.65 bits per heavy atom. The summed E-state index contributed by atoms with van der Waals surface area (Å²) < 4.78 is 27.4. The van der Waals surface area contributed by atoms with Gasteiger partial charge in [0.2, 0.25) is 10.0 Å². The Bertz CT molecular complexity index is 618. The second kappa shape index (κ2) is 4.85. The number of nitrogens with one attached hydrogen (secondary N) is 2. The lowest BCUT2D eigenvalue weighted by atomic mass is 9.85. The smallest absolute Gasteiger partial charge is 0.310 e. The molecule has 1 aliphatic carbocycles. The molecule has 1 aromatic heterocycles. The monoisotopic (exact) mass is 301 g/mol. The highest BCUT2D eigenvalue weighted by atomic mass is 32.2. The normalized spacial score (nSPS) is 26.9. The molecule has 0 aromatic carbocycles. The van der Waals surface area contributed by atoms with Gasteiger partial charge >= 0.3 is 5.97 Å². The number of carboxylic acid groups (broad SMARTS) is 1. The van der Waals surface area contributed by atoms with E-state index >= 15 is 0 Å². The van der Waals surface area contributed by atoms with Crippen molar-refractivity contribution in [3.8, 4) is 0 Å². The third kappa shape index (κ3) is 2.33. The number of carbonyl (C=O) groups is 1. The molecule has 2 rings (SSSR count). The van der Waals surface area contributed by atoms with Gasteiger partial charge in [0, 0.05) is 6.04 Å². The molecule has 2 atom stereocenters. The fraction of sp³-hybridized carbons (Fsp3) is 0.667. The average Bonchev–Trinajstić information content (AvgIpc) is 2.84. The van der Waals surface area contributed by atoms with Gasteiger partial charge in [-0.05, 0) is 33.6 Å². The highest BCUT2D eigenvalue weighted by molar-refractivity contribution is 7.89. The molecule has 3 N–H and O–H groups in total. The summed E-state index contributed by atoms with van der Waals surface area (Å²) in [5.74, 6) is -0.969. The number of aryl methyl sites for hydroxylation is 2. The number of sulfonamides is 1. The summed E-state index contributed by atoms with van der Waals surface area (Å²) in [5.41, 5.74) is -0.228. The number of rotatable bonds is 4. The number of aromatic amines is 1. The van der Waals surface area contributed by atoms with Crippen LogP contribution >= 0.6 is 0 Å². The van der Waals surface area contributed by atoms with E-state index in [0.29, 0.717) is 30.7 Å². The molecular weight excluding hydrogens is 282 g/mol. The first-order chi connectivity index (χ1) is 9.18. The Kier molecular flexibility index (Phi) is 3.64. The minimum Gasteiger partial charge on any atom is -0.481 e. The van der Waals surface area contributed by atoms with Gasteiger partial charge in [0.05, 0.1) is 16.8 Å². The molecule has 1 aliphatic rings. The van der Waals surface area contributed by atoms with E-state index in [0.717, 1.165) is 0 Å². The lowest BCUT2D eigenvalue weighted by Gasteiger charge is -2.27. The van der Waals surface area contributed by atoms with Crippen LogP contribution in [0.4, 0.5) is 0 Å². The standard InChI is InChI=1S/C12H19N3O4S/c1-7-10(8(2)14-13-7)20(18,19)15-9-5-4-6-12(9,3)11(16)17/h9,15H,4-6H2,1-3H3,(H,13,14)(H,16,17). The van der Waals surface area contributed by atoms with Gasteiger partial charge < -0.3 is 5.11 Å². The molecule has 1 aromatic rings. The van der Waals surface area contributed by atoms with E-state index in [2.05, 4.69) is 14.9 Å². The molecule has 20 heavy (non-hydrogen) atoms. The van der Waals surface area contributed by atoms with Gasteiger partial charge in [0.1, 0.15) is 4.90 Å². The van der Waals surface area contributed by atoms with Crippen LogP contribution in [0.1, 0.15) is 37.6 Å². The zero-order valence-corrected chi connectivity index (χ0v) is 12.5. The van der Waals surface area contributed by atoms with E-state index in [4.69, 9.17) is 0 Å². The van der Waals surface area contributed by atoms with Gasteiger partial charge in [0.25, 0.3) is 0 Å². The van der Waals surface area contributed by atoms with Crippen molar-refractivity contribution in [2.24, 2.45) is 5.41 Å². The summed E-state index contributed by atoms with van der Waals surface area (Å²) in [6, 6.07) is -0.598. The quantitative estimate of drug-likeness (QED) is 0.766. The van der Waals surface area contributed by atoms with Crippen molar-refractivity contribution >= 4 is 16.0 Å². The molecule has 0 saturated heterocycles. The molecule has 0 radical (unpaired) electrons. The molecule has 7 nitrogen and oxygen atoms in total. The third-order valence-electron chi connectivity index (χ3n) is 4.07. The first-order valence-corrected chi connectivity index (χ1v) is 7.94. The van der Waals surface area contributed by atoms with Crippen molar-refractivity contribution in [2.75, 3.05) is 0 Å². The van der Waals surface area contributed by atoms with Gasteiger partial charge in [-0.1, -0.05) is 6.42 Å². The fourth-order valence-corrected chi connectivity index (χ4v) is 4.55. The average molecular weight is 301 g/mol. The zero-order chi connectivity index (χ0) is 15.1. The first-order valence-electron chi connectivity index (χ1n) is 6.46. The Labute approximate surface area is 117 Å². The summed E-state index contributed by atoms with van der Waals surface area (Å²) in [7, 11) is -3.77. The van der Waals surface area contributed by atoms with Gasteiger partial charge in [-0.25, -0.2) is 13.1 Å². The highest BCUT2D eigenvalue weighted by Gasteiger charge is 2.47. The zero-order valence-electron chi connectivity index (χ0n) is 11.7. The van der Waals surface area contributed by atoms with E-state index in [-0.39, 0.29) is 4.90 Å². The Morgan fingerprint density at radius 1 is 1.50 bits per heavy atom. The fourth-order valence-electron chi connectivity index (χ4n) is 2.79. The molecule has 2 unspecified atom stereocenters. The maximum atomic E-state index is 12.4. The predicted octanol–water partition coefficient (Wildman–Crippen LogP) is 0.948. The summed E-state index contributed by atoms with van der Waals surface area (Å²) in [6.45, 7) is 4.81. The summed E-state index contributed by atoms with van der Waals surface area (Å²) >= 11 is 0. The number of hydrogen-bond donors (Lipinski definition) is 3. The minimum atomic E-state index is -3.77. The number of nitrogens with zero attached hydrogens (tertiary/aromatic N) is 1. The van der Waals surface area contributed by atoms with Crippen LogP contribution < -0.4 is 4.72 Å². The Balaban J connectivity index is 2.32. The van der Waals surface area contributed by atoms with Crippen LogP contribution in [0.3, 0.4) is 0 Å². The van der Waals surface area contributed by atoms with Crippen molar-refractivity contribution in [1.29, 1.82) is 0 Å². The molecule has 1 fully saturated rings. The van der Waals surface area contributed by atoms with Crippen LogP contribution in [-0.4, -0.2) is 35.7 Å². The van der Waals surface area contributed by atoms with E-state index in [1.54, 1.807) is 20.8 Å². The molecule has 0 aliphatic heterocycles. The number of H-pyrrole nitrogens is 1. The molecule has 8 heteroatoms. The molecule has 0 bridgehead atoms. The van der Waals surface area contributed by atoms with Crippen molar-refractivity contribution in [2.45, 2.75) is 51.0 Å². The molecule has 1 heterocycles. The Hall–Kier alpha value is -1.41. The summed E-state index contributed by atoms with van der Waals surface area (Å²) in [6.07, 6.45) is 1.69. The van der Waals surface area contributed by atoms with Crippen LogP contribution in [0.15, 0.2) is 4.90 Å². The SMILES string of the molecule is Cc1n[nH]c(C)c1S(=O)(=O)NC1CCCC1(C)C(=O)O. The van der Waals surface area contributed by atoms with E-state index in [1.165, 1.54) is 0 Å². The largest absolute Gasteiger partial charge is 0.481 e. The van der Waals surface area contributed by atoms with Gasteiger partial charge in [0.15, 0.2) is 0 Å². The van der Waals surface area contributed by atoms with Crippen LogP contribution in [-0.2, 0) is 14.8 Å². The second-order valence-electron chi connectivity index (χ2n) is 5.55. The van der Waals surface area contributed by atoms with Crippen molar-refractivity contribution in [1.82, 2.24) is 14.9 Å². The van der Waals surface area contributed by atoms with Crippen molar-refractivity contribution < 1.29 is 18.3 Å². The van der Waals surface area contributed by atoms with Gasteiger partial charge in [-0.15, -0.1) is 0 Å². The molecule has 112 valence electrons. The topological polar surface area (TPSA) is 112 Å². The van der Waals surface area contributed by atoms with E-state index in [9.17, 15) is 18.3 Å². The second-order valence-corrected chi connectivity index (χ2v) is 7.20. The van der Waals surface area contributed by atoms with Gasteiger partial charge in [-0.2, -0.15) is 5.10 Å². The lowest BCUT2D eigenvalue weighted by molar-refractivity contribution is -0.148. The molecular formula is C12H19N3O4S. The number of carboxylic acids is 1. The van der Waals surface area contributed by atoms with Crippen molar-refractivity contribution in [3.63, 3.8) is 0 Å². The maximum absolute atomic E-state index is 12.4. The molecule has 0 spiro atoms. The molecule has 0 amide bonds. The minimum absolute atomic E-state index is 0.108. The van der Waals surface area contributed by atoms with E-state index < -0.39 is 27.4 Å². The molecule has 1 saturated carbocycles. The van der Waals surface area contributed by atoms with Crippen molar-refractivity contribution in [3.05, 3.63) is 11.4 Å².